The van der Waals surface area contributed by atoms with E-state index in [1.165, 1.54) is 31.2 Å². The molecule has 0 radical (unpaired) electrons. The highest BCUT2D eigenvalue weighted by molar-refractivity contribution is 5.14. The molecule has 0 unspecified atom stereocenters. The Labute approximate surface area is 123 Å². The zero-order valence-electron chi connectivity index (χ0n) is 12.8. The van der Waals surface area contributed by atoms with Gasteiger partial charge in [0, 0.05) is 5.54 Å². The number of aliphatic hydroxyl groups excluding tert-OH is 1. The first-order valence-electron chi connectivity index (χ1n) is 8.14. The second kappa shape index (κ2) is 7.80. The van der Waals surface area contributed by atoms with Gasteiger partial charge in [-0.25, -0.2) is 0 Å². The lowest BCUT2D eigenvalue weighted by Gasteiger charge is -2.39. The molecule has 0 aliphatic heterocycles. The van der Waals surface area contributed by atoms with Crippen LogP contribution in [0, 0.1) is 5.92 Å². The van der Waals surface area contributed by atoms with E-state index in [1.54, 1.807) is 0 Å². The summed E-state index contributed by atoms with van der Waals surface area (Å²) in [7, 11) is 0. The minimum atomic E-state index is 0.0132. The summed E-state index contributed by atoms with van der Waals surface area (Å²) in [4.78, 5) is 0. The van der Waals surface area contributed by atoms with Gasteiger partial charge >= 0.3 is 0 Å². The number of rotatable bonds is 7. The lowest BCUT2D eigenvalue weighted by molar-refractivity contribution is 0.105. The number of unbranched alkanes of at least 4 members (excludes halogenated alkanes) is 1. The molecule has 1 aromatic carbocycles. The van der Waals surface area contributed by atoms with Crippen LogP contribution >= 0.6 is 0 Å². The molecule has 0 atom stereocenters. The molecule has 0 bridgehead atoms. The molecule has 2 N–H and O–H groups in total. The summed E-state index contributed by atoms with van der Waals surface area (Å²) in [5, 5.41) is 13.3. The maximum atomic E-state index is 9.70. The monoisotopic (exact) mass is 275 g/mol. The molecular formula is C18H29NO. The van der Waals surface area contributed by atoms with Crippen molar-refractivity contribution in [2.75, 3.05) is 13.2 Å². The molecule has 0 saturated heterocycles. The van der Waals surface area contributed by atoms with Gasteiger partial charge in [0.05, 0.1) is 6.61 Å². The van der Waals surface area contributed by atoms with Gasteiger partial charge in [0.2, 0.25) is 0 Å². The minimum Gasteiger partial charge on any atom is -0.394 e. The summed E-state index contributed by atoms with van der Waals surface area (Å²) in [6.45, 7) is 3.64. The molecule has 2 nitrogen and oxygen atoms in total. The average Bonchev–Trinajstić information content (AvgIpc) is 2.50. The van der Waals surface area contributed by atoms with Gasteiger partial charge in [-0.3, -0.25) is 0 Å². The van der Waals surface area contributed by atoms with Crippen LogP contribution in [0.5, 0.6) is 0 Å². The predicted octanol–water partition coefficient (Wildman–Crippen LogP) is 3.54. The van der Waals surface area contributed by atoms with E-state index in [0.717, 1.165) is 31.7 Å². The third kappa shape index (κ3) is 4.60. The van der Waals surface area contributed by atoms with E-state index in [1.807, 2.05) is 0 Å². The molecule has 1 aliphatic rings. The summed E-state index contributed by atoms with van der Waals surface area (Å²) in [5.41, 5.74) is 1.44. The van der Waals surface area contributed by atoms with Crippen molar-refractivity contribution in [1.82, 2.24) is 5.32 Å². The van der Waals surface area contributed by atoms with Gasteiger partial charge in [0.1, 0.15) is 0 Å². The second-order valence-electron chi connectivity index (χ2n) is 6.49. The Morgan fingerprint density at radius 3 is 2.50 bits per heavy atom. The molecule has 1 saturated carbocycles. The Bertz CT molecular complexity index is 368. The van der Waals surface area contributed by atoms with Gasteiger partial charge < -0.3 is 10.4 Å². The maximum absolute atomic E-state index is 9.70. The molecule has 0 amide bonds. The van der Waals surface area contributed by atoms with Crippen molar-refractivity contribution in [2.45, 2.75) is 57.4 Å². The topological polar surface area (TPSA) is 32.3 Å². The second-order valence-corrected chi connectivity index (χ2v) is 6.49. The third-order valence-corrected chi connectivity index (χ3v) is 4.77. The number of benzene rings is 1. The molecule has 20 heavy (non-hydrogen) atoms. The van der Waals surface area contributed by atoms with Crippen molar-refractivity contribution in [1.29, 1.82) is 0 Å². The molecule has 112 valence electrons. The zero-order valence-corrected chi connectivity index (χ0v) is 12.8. The highest BCUT2D eigenvalue weighted by Gasteiger charge is 2.32. The fourth-order valence-electron chi connectivity index (χ4n) is 3.16. The lowest BCUT2D eigenvalue weighted by atomic mass is 9.77. The fourth-order valence-corrected chi connectivity index (χ4v) is 3.16. The van der Waals surface area contributed by atoms with E-state index in [9.17, 15) is 5.11 Å². The van der Waals surface area contributed by atoms with E-state index in [4.69, 9.17) is 0 Å². The number of aliphatic hydroxyl groups is 1. The van der Waals surface area contributed by atoms with Gasteiger partial charge in [0.15, 0.2) is 0 Å². The van der Waals surface area contributed by atoms with Crippen LogP contribution < -0.4 is 5.32 Å². The van der Waals surface area contributed by atoms with Crippen LogP contribution in [-0.4, -0.2) is 23.8 Å². The van der Waals surface area contributed by atoms with Crippen molar-refractivity contribution in [3.63, 3.8) is 0 Å². The Hall–Kier alpha value is -0.860. The number of nitrogens with one attached hydrogen (secondary N) is 1. The van der Waals surface area contributed by atoms with Crippen LogP contribution in [0.1, 0.15) is 51.0 Å². The summed E-state index contributed by atoms with van der Waals surface area (Å²) in [6, 6.07) is 10.7. The van der Waals surface area contributed by atoms with Crippen molar-refractivity contribution >= 4 is 0 Å². The molecule has 0 heterocycles. The summed E-state index contributed by atoms with van der Waals surface area (Å²) >= 11 is 0. The Kier molecular flexibility index (Phi) is 6.06. The Morgan fingerprint density at radius 2 is 1.85 bits per heavy atom. The van der Waals surface area contributed by atoms with Gasteiger partial charge in [-0.2, -0.15) is 0 Å². The van der Waals surface area contributed by atoms with Gasteiger partial charge in [0.25, 0.3) is 0 Å². The molecule has 0 aromatic heterocycles. The first-order chi connectivity index (χ1) is 9.74. The summed E-state index contributed by atoms with van der Waals surface area (Å²) in [6.07, 6.45) is 8.31. The molecule has 1 fully saturated rings. The molecule has 1 aliphatic carbocycles. The van der Waals surface area contributed by atoms with Crippen molar-refractivity contribution in [3.05, 3.63) is 35.9 Å². The smallest absolute Gasteiger partial charge is 0.0613 e. The van der Waals surface area contributed by atoms with Crippen LogP contribution in [0.25, 0.3) is 0 Å². The van der Waals surface area contributed by atoms with Crippen molar-refractivity contribution < 1.29 is 5.11 Å². The number of hydrogen-bond acceptors (Lipinski definition) is 2. The van der Waals surface area contributed by atoms with Gasteiger partial charge in [-0.1, -0.05) is 37.3 Å². The third-order valence-electron chi connectivity index (χ3n) is 4.77. The van der Waals surface area contributed by atoms with Crippen LogP contribution in [0.2, 0.25) is 0 Å². The quantitative estimate of drug-likeness (QED) is 0.746. The first-order valence-corrected chi connectivity index (χ1v) is 8.14. The number of aryl methyl sites for hydroxylation is 1. The fraction of sp³-hybridized carbons (Fsp3) is 0.667. The molecule has 2 heteroatoms. The standard InChI is InChI=1S/C18H29NO/c1-16-10-12-18(15-20,13-11-16)19-14-6-5-9-17-7-3-2-4-8-17/h2-4,7-8,16,19-20H,5-6,9-15H2,1H3. The first kappa shape index (κ1) is 15.5. The molecule has 2 rings (SSSR count). The van der Waals surface area contributed by atoms with E-state index < -0.39 is 0 Å². The van der Waals surface area contributed by atoms with Crippen LogP contribution in [0.4, 0.5) is 0 Å². The zero-order chi connectivity index (χ0) is 14.3. The molecule has 0 spiro atoms. The normalized spacial score (nSPS) is 26.6. The van der Waals surface area contributed by atoms with E-state index >= 15 is 0 Å². The summed E-state index contributed by atoms with van der Waals surface area (Å²) in [5.74, 6) is 0.828. The van der Waals surface area contributed by atoms with E-state index in [0.29, 0.717) is 6.61 Å². The number of hydrogen-bond donors (Lipinski definition) is 2. The highest BCUT2D eigenvalue weighted by Crippen LogP contribution is 2.31. The van der Waals surface area contributed by atoms with Gasteiger partial charge in [-0.15, -0.1) is 0 Å². The SMILES string of the molecule is CC1CCC(CO)(NCCCCc2ccccc2)CC1. The van der Waals surface area contributed by atoms with E-state index in [2.05, 4.69) is 42.6 Å². The minimum absolute atomic E-state index is 0.0132. The Morgan fingerprint density at radius 1 is 1.15 bits per heavy atom. The maximum Gasteiger partial charge on any atom is 0.0613 e. The van der Waals surface area contributed by atoms with Gasteiger partial charge in [-0.05, 0) is 63.0 Å². The van der Waals surface area contributed by atoms with Crippen LogP contribution in [0.15, 0.2) is 30.3 Å². The Balaban J connectivity index is 1.64. The average molecular weight is 275 g/mol. The molecular weight excluding hydrogens is 246 g/mol. The molecule has 1 aromatic rings. The van der Waals surface area contributed by atoms with E-state index in [-0.39, 0.29) is 5.54 Å². The van der Waals surface area contributed by atoms with Crippen LogP contribution in [-0.2, 0) is 6.42 Å². The lowest BCUT2D eigenvalue weighted by Crippen LogP contribution is -2.51. The highest BCUT2D eigenvalue weighted by atomic mass is 16.3. The summed E-state index contributed by atoms with van der Waals surface area (Å²) < 4.78 is 0. The van der Waals surface area contributed by atoms with Crippen LogP contribution in [0.3, 0.4) is 0 Å². The van der Waals surface area contributed by atoms with Crippen molar-refractivity contribution in [2.24, 2.45) is 5.92 Å². The predicted molar refractivity (Wildman–Crippen MR) is 84.8 cm³/mol. The van der Waals surface area contributed by atoms with Crippen molar-refractivity contribution in [3.8, 4) is 0 Å². The largest absolute Gasteiger partial charge is 0.394 e.